The first-order valence-electron chi connectivity index (χ1n) is 22.2. The lowest BCUT2D eigenvalue weighted by Crippen LogP contribution is -2.63. The zero-order valence-corrected chi connectivity index (χ0v) is 39.0. The SMILES string of the molecule is CCn1nc(C)cc1C(=O)Nc1nc2cc(C(N)=O)cc(OC)c2n1C/C=C/Cn1c(NC(=O)c2cc(C)nn2CC)nc2cc(C(N)=O)cc(OCCCO[C@H]3[C@@H](OC)O[C@H](CO)[C@@H](O)[C@@H]3N)c21. The number of aliphatic hydroxyl groups is 2. The number of nitrogens with one attached hydrogen (secondary N) is 2. The lowest BCUT2D eigenvalue weighted by atomic mass is 9.97. The molecule has 4 amide bonds. The number of aryl methyl sites for hydroxylation is 4. The van der Waals surface area contributed by atoms with Crippen molar-refractivity contribution in [1.29, 1.82) is 0 Å². The summed E-state index contributed by atoms with van der Waals surface area (Å²) in [5.74, 6) is -1.65. The Kier molecular flexibility index (Phi) is 15.4. The molecule has 1 saturated heterocycles. The monoisotopic (exact) mass is 955 g/mol. The Morgan fingerprint density at radius 2 is 1.29 bits per heavy atom. The molecule has 0 saturated carbocycles. The van der Waals surface area contributed by atoms with Crippen LogP contribution in [-0.4, -0.2) is 137 Å². The summed E-state index contributed by atoms with van der Waals surface area (Å²) in [4.78, 5) is 62.0. The van der Waals surface area contributed by atoms with Gasteiger partial charge in [-0.2, -0.15) is 10.2 Å². The van der Waals surface area contributed by atoms with Crippen LogP contribution in [0.15, 0.2) is 48.6 Å². The molecule has 4 aromatic heterocycles. The van der Waals surface area contributed by atoms with E-state index in [2.05, 4.69) is 25.8 Å². The van der Waals surface area contributed by atoms with E-state index >= 15 is 0 Å². The lowest BCUT2D eigenvalue weighted by Gasteiger charge is -2.42. The molecule has 24 nitrogen and oxygen atoms in total. The molecule has 5 atom stereocenters. The Balaban J connectivity index is 1.22. The molecule has 1 aliphatic heterocycles. The molecule has 0 spiro atoms. The van der Waals surface area contributed by atoms with Crippen LogP contribution in [0.5, 0.6) is 11.5 Å². The van der Waals surface area contributed by atoms with Gasteiger partial charge in [0.05, 0.1) is 55.4 Å². The van der Waals surface area contributed by atoms with Crippen LogP contribution >= 0.6 is 0 Å². The topological polar surface area (TPSA) is 328 Å². The molecule has 2 aromatic carbocycles. The number of nitrogens with two attached hydrogens (primary N) is 3. The number of amides is 4. The molecule has 0 aliphatic carbocycles. The number of imidazole rings is 2. The Bertz CT molecular complexity index is 2900. The van der Waals surface area contributed by atoms with E-state index in [1.54, 1.807) is 56.6 Å². The van der Waals surface area contributed by atoms with Crippen LogP contribution in [0.2, 0.25) is 0 Å². The van der Waals surface area contributed by atoms with Gasteiger partial charge in [-0.1, -0.05) is 12.2 Å². The van der Waals surface area contributed by atoms with Gasteiger partial charge < -0.3 is 60.2 Å². The van der Waals surface area contributed by atoms with E-state index in [-0.39, 0.29) is 66.3 Å². The number of carbonyl (C=O) groups excluding carboxylic acids is 4. The molecule has 0 radical (unpaired) electrons. The number of nitrogens with zero attached hydrogens (tertiary/aromatic N) is 8. The number of anilines is 2. The van der Waals surface area contributed by atoms with Crippen molar-refractivity contribution in [2.75, 3.05) is 44.7 Å². The predicted octanol–water partition coefficient (Wildman–Crippen LogP) is 1.61. The average Bonchev–Trinajstić information content (AvgIpc) is 4.10. The Hall–Kier alpha value is -7.22. The van der Waals surface area contributed by atoms with Crippen molar-refractivity contribution in [3.8, 4) is 11.5 Å². The number of methoxy groups -OCH3 is 2. The molecule has 368 valence electrons. The minimum atomic E-state index is -1.20. The lowest BCUT2D eigenvalue weighted by molar-refractivity contribution is -0.277. The van der Waals surface area contributed by atoms with Gasteiger partial charge in [0.1, 0.15) is 52.2 Å². The highest BCUT2D eigenvalue weighted by Crippen LogP contribution is 2.33. The Labute approximate surface area is 395 Å². The number of aliphatic hydroxyl groups excluding tert-OH is 2. The summed E-state index contributed by atoms with van der Waals surface area (Å²) in [6.07, 6.45) is -0.0526. The van der Waals surface area contributed by atoms with E-state index in [9.17, 15) is 29.4 Å². The third kappa shape index (κ3) is 10.4. The summed E-state index contributed by atoms with van der Waals surface area (Å²) < 4.78 is 35.5. The van der Waals surface area contributed by atoms with Crippen molar-refractivity contribution in [3.63, 3.8) is 0 Å². The van der Waals surface area contributed by atoms with Gasteiger partial charge in [-0.05, 0) is 64.1 Å². The van der Waals surface area contributed by atoms with Crippen molar-refractivity contribution < 1.29 is 53.1 Å². The number of hydrogen-bond donors (Lipinski definition) is 7. The maximum Gasteiger partial charge on any atom is 0.276 e. The van der Waals surface area contributed by atoms with Gasteiger partial charge in [-0.25, -0.2) is 9.97 Å². The fraction of sp³-hybridized carbons (Fsp3) is 0.422. The second kappa shape index (κ2) is 21.4. The van der Waals surface area contributed by atoms with E-state index in [0.717, 1.165) is 0 Å². The maximum absolute atomic E-state index is 13.9. The Morgan fingerprint density at radius 1 is 0.783 bits per heavy atom. The van der Waals surface area contributed by atoms with Crippen molar-refractivity contribution in [2.45, 2.75) is 90.9 Å². The number of rotatable bonds is 21. The minimum absolute atomic E-state index is 0.0530. The molecular weight excluding hydrogens is 899 g/mol. The minimum Gasteiger partial charge on any atom is -0.494 e. The number of carbonyl (C=O) groups is 4. The van der Waals surface area contributed by atoms with Gasteiger partial charge in [0.25, 0.3) is 11.8 Å². The van der Waals surface area contributed by atoms with Gasteiger partial charge in [-0.15, -0.1) is 0 Å². The standard InChI is InChI=1S/C45H57N13O11/c1-7-57-29(16-23(3)53-57)41(63)51-44-49-27-18-25(39(47)61)20-31(65-5)35(27)55(44)12-9-10-13-56-36-28(50-45(56)52-42(64)30-17-24(4)54-58(30)8-2)19-26(40(48)62)21-32(36)67-14-11-15-68-38-34(46)37(60)33(22-59)69-43(38)66-6/h9-10,16-21,33-34,37-38,43,59-60H,7-8,11-15,22,46H2,1-6H3,(H2,47,61)(H2,48,62)(H,49,51,63)(H,50,52,64)/b10-9+/t33-,34+,37-,38-,43+/m1/s1. The highest BCUT2D eigenvalue weighted by atomic mass is 16.7. The molecule has 6 aromatic rings. The highest BCUT2D eigenvalue weighted by molar-refractivity contribution is 6.05. The number of primary amides is 2. The Morgan fingerprint density at radius 3 is 1.75 bits per heavy atom. The maximum atomic E-state index is 13.9. The first kappa shape index (κ1) is 49.7. The quantitative estimate of drug-likeness (QED) is 0.0398. The van der Waals surface area contributed by atoms with Crippen LogP contribution in [0, 0.1) is 13.8 Å². The zero-order chi connectivity index (χ0) is 49.7. The fourth-order valence-corrected chi connectivity index (χ4v) is 8.13. The van der Waals surface area contributed by atoms with Crippen LogP contribution in [0.4, 0.5) is 11.9 Å². The van der Waals surface area contributed by atoms with Crippen LogP contribution in [0.1, 0.15) is 73.3 Å². The predicted molar refractivity (Wildman–Crippen MR) is 250 cm³/mol. The van der Waals surface area contributed by atoms with E-state index in [4.69, 9.17) is 45.9 Å². The highest BCUT2D eigenvalue weighted by Gasteiger charge is 2.44. The molecule has 1 fully saturated rings. The average molecular weight is 956 g/mol. The fourth-order valence-electron chi connectivity index (χ4n) is 8.13. The van der Waals surface area contributed by atoms with Gasteiger partial charge in [0.2, 0.25) is 23.7 Å². The largest absolute Gasteiger partial charge is 0.494 e. The van der Waals surface area contributed by atoms with Crippen LogP contribution in [0.25, 0.3) is 22.1 Å². The summed E-state index contributed by atoms with van der Waals surface area (Å²) in [6.45, 7) is 8.04. The van der Waals surface area contributed by atoms with Crippen molar-refractivity contribution in [3.05, 3.63) is 82.5 Å². The van der Waals surface area contributed by atoms with Crippen LogP contribution < -0.4 is 37.3 Å². The molecule has 5 heterocycles. The van der Waals surface area contributed by atoms with E-state index in [0.29, 0.717) is 58.8 Å². The summed E-state index contributed by atoms with van der Waals surface area (Å²) in [6, 6.07) is 8.39. The zero-order valence-electron chi connectivity index (χ0n) is 39.0. The van der Waals surface area contributed by atoms with E-state index in [1.165, 1.54) is 38.5 Å². The number of ether oxygens (including phenoxy) is 5. The number of aromatic nitrogens is 8. The smallest absolute Gasteiger partial charge is 0.276 e. The summed E-state index contributed by atoms with van der Waals surface area (Å²) >= 11 is 0. The molecule has 69 heavy (non-hydrogen) atoms. The molecule has 0 bridgehead atoms. The van der Waals surface area contributed by atoms with Crippen molar-refractivity contribution in [2.24, 2.45) is 17.2 Å². The van der Waals surface area contributed by atoms with Gasteiger partial charge in [0.15, 0.2) is 6.29 Å². The summed E-state index contributed by atoms with van der Waals surface area (Å²) in [5.41, 5.74) is 21.3. The van der Waals surface area contributed by atoms with Gasteiger partial charge in [0, 0.05) is 50.8 Å². The van der Waals surface area contributed by atoms with Crippen LogP contribution in [-0.2, 0) is 40.4 Å². The summed E-state index contributed by atoms with van der Waals surface area (Å²) in [7, 11) is 2.84. The molecule has 10 N–H and O–H groups in total. The molecule has 7 rings (SSSR count). The van der Waals surface area contributed by atoms with Gasteiger partial charge in [-0.3, -0.25) is 39.2 Å². The second-order valence-corrected chi connectivity index (χ2v) is 16.1. The third-order valence-corrected chi connectivity index (χ3v) is 11.5. The normalized spacial score (nSPS) is 18.3. The third-order valence-electron chi connectivity index (χ3n) is 11.5. The molecule has 1 aliphatic rings. The number of fused-ring (bicyclic) bond motifs is 2. The molecule has 0 unspecified atom stereocenters. The molecular formula is C45H57N13O11. The number of benzene rings is 2. The first-order valence-corrected chi connectivity index (χ1v) is 22.2. The van der Waals surface area contributed by atoms with Gasteiger partial charge >= 0.3 is 0 Å². The van der Waals surface area contributed by atoms with E-state index < -0.39 is 60.9 Å². The second-order valence-electron chi connectivity index (χ2n) is 16.1. The number of allylic oxidation sites excluding steroid dienone is 2. The van der Waals surface area contributed by atoms with Crippen molar-refractivity contribution >= 4 is 57.6 Å². The van der Waals surface area contributed by atoms with E-state index in [1.807, 2.05) is 13.8 Å². The van der Waals surface area contributed by atoms with Crippen LogP contribution in [0.3, 0.4) is 0 Å². The number of hydrogen-bond acceptors (Lipinski definition) is 16. The summed E-state index contributed by atoms with van der Waals surface area (Å²) in [5, 5.41) is 34.8. The first-order chi connectivity index (χ1) is 33.1. The van der Waals surface area contributed by atoms with Crippen molar-refractivity contribution in [1.82, 2.24) is 38.7 Å². The molecule has 24 heteroatoms.